The van der Waals surface area contributed by atoms with Gasteiger partial charge in [0.05, 0.1) is 5.00 Å². The van der Waals surface area contributed by atoms with E-state index in [0.29, 0.717) is 6.42 Å². The van der Waals surface area contributed by atoms with Crippen molar-refractivity contribution in [1.82, 2.24) is 0 Å². The molecule has 1 amide bonds. The molecule has 1 N–H and O–H groups in total. The van der Waals surface area contributed by atoms with Crippen LogP contribution in [0, 0.1) is 13.8 Å². The Hall–Kier alpha value is -0.830. The Bertz CT molecular complexity index is 298. The van der Waals surface area contributed by atoms with E-state index < -0.39 is 0 Å². The van der Waals surface area contributed by atoms with Crippen LogP contribution in [-0.4, -0.2) is 5.91 Å². The number of aryl methyl sites for hydroxylation is 2. The van der Waals surface area contributed by atoms with Crippen LogP contribution in [0.5, 0.6) is 0 Å². The molecule has 1 heterocycles. The lowest BCUT2D eigenvalue weighted by atomic mass is 10.2. The van der Waals surface area contributed by atoms with Crippen LogP contribution in [0.3, 0.4) is 0 Å². The first-order chi connectivity index (χ1) is 6.63. The molecule has 2 nitrogen and oxygen atoms in total. The number of nitrogens with one attached hydrogen (secondary N) is 1. The lowest BCUT2D eigenvalue weighted by molar-refractivity contribution is -0.116. The average Bonchev–Trinajstić information content (AvgIpc) is 2.42. The average molecular weight is 211 g/mol. The fraction of sp³-hybridized carbons (Fsp3) is 0.545. The van der Waals surface area contributed by atoms with E-state index in [2.05, 4.69) is 26.1 Å². The molecule has 0 spiro atoms. The maximum atomic E-state index is 11.4. The third-order valence-electron chi connectivity index (χ3n) is 2.19. The maximum Gasteiger partial charge on any atom is 0.224 e. The minimum absolute atomic E-state index is 0.133. The minimum atomic E-state index is 0.133. The van der Waals surface area contributed by atoms with Crippen LogP contribution in [0.15, 0.2) is 6.07 Å². The van der Waals surface area contributed by atoms with Gasteiger partial charge >= 0.3 is 0 Å². The highest BCUT2D eigenvalue weighted by molar-refractivity contribution is 7.16. The third-order valence-corrected chi connectivity index (χ3v) is 3.25. The first-order valence-electron chi connectivity index (χ1n) is 5.00. The molecular formula is C11H17NOS. The topological polar surface area (TPSA) is 29.1 Å². The van der Waals surface area contributed by atoms with E-state index in [1.54, 1.807) is 11.3 Å². The highest BCUT2D eigenvalue weighted by Gasteiger charge is 2.05. The van der Waals surface area contributed by atoms with Crippen LogP contribution < -0.4 is 5.32 Å². The zero-order chi connectivity index (χ0) is 10.6. The summed E-state index contributed by atoms with van der Waals surface area (Å²) in [5.41, 5.74) is 1.25. The van der Waals surface area contributed by atoms with Crippen molar-refractivity contribution < 1.29 is 4.79 Å². The number of hydrogen-bond donors (Lipinski definition) is 1. The summed E-state index contributed by atoms with van der Waals surface area (Å²) < 4.78 is 0. The SMILES string of the molecule is CCCCC(=O)Nc1cc(C)c(C)s1. The van der Waals surface area contributed by atoms with Crippen LogP contribution in [0.25, 0.3) is 0 Å². The van der Waals surface area contributed by atoms with E-state index >= 15 is 0 Å². The molecule has 0 saturated heterocycles. The molecule has 78 valence electrons. The van der Waals surface area contributed by atoms with Gasteiger partial charge in [-0.25, -0.2) is 0 Å². The van der Waals surface area contributed by atoms with E-state index in [1.165, 1.54) is 10.4 Å². The number of rotatable bonds is 4. The fourth-order valence-corrected chi connectivity index (χ4v) is 2.12. The van der Waals surface area contributed by atoms with Gasteiger partial charge in [0.15, 0.2) is 0 Å². The summed E-state index contributed by atoms with van der Waals surface area (Å²) in [7, 11) is 0. The standard InChI is InChI=1S/C11H17NOS/c1-4-5-6-10(13)12-11-7-8(2)9(3)14-11/h7H,4-6H2,1-3H3,(H,12,13). The van der Waals surface area contributed by atoms with Gasteiger partial charge in [0, 0.05) is 11.3 Å². The van der Waals surface area contributed by atoms with E-state index in [-0.39, 0.29) is 5.91 Å². The van der Waals surface area contributed by atoms with Gasteiger partial charge in [-0.05, 0) is 31.9 Å². The number of carbonyl (C=O) groups is 1. The fourth-order valence-electron chi connectivity index (χ4n) is 1.17. The summed E-state index contributed by atoms with van der Waals surface area (Å²) in [4.78, 5) is 12.7. The lowest BCUT2D eigenvalue weighted by Gasteiger charge is -2.00. The zero-order valence-electron chi connectivity index (χ0n) is 9.02. The number of anilines is 1. The first kappa shape index (κ1) is 11.2. The van der Waals surface area contributed by atoms with Gasteiger partial charge in [-0.1, -0.05) is 13.3 Å². The smallest absolute Gasteiger partial charge is 0.224 e. The van der Waals surface area contributed by atoms with Crippen molar-refractivity contribution in [3.05, 3.63) is 16.5 Å². The second kappa shape index (κ2) is 5.15. The molecule has 0 atom stereocenters. The molecule has 0 radical (unpaired) electrons. The number of unbranched alkanes of at least 4 members (excludes halogenated alkanes) is 1. The van der Waals surface area contributed by atoms with Gasteiger partial charge in [-0.2, -0.15) is 0 Å². The molecule has 0 aromatic carbocycles. The Morgan fingerprint density at radius 1 is 1.50 bits per heavy atom. The van der Waals surface area contributed by atoms with Gasteiger partial charge in [0.25, 0.3) is 0 Å². The quantitative estimate of drug-likeness (QED) is 0.811. The van der Waals surface area contributed by atoms with Gasteiger partial charge in [0.1, 0.15) is 0 Å². The van der Waals surface area contributed by atoms with Gasteiger partial charge in [-0.3, -0.25) is 4.79 Å². The predicted octanol–water partition coefficient (Wildman–Crippen LogP) is 3.49. The summed E-state index contributed by atoms with van der Waals surface area (Å²) in [5.74, 6) is 0.133. The van der Waals surface area contributed by atoms with Crippen LogP contribution >= 0.6 is 11.3 Å². The number of carbonyl (C=O) groups excluding carboxylic acids is 1. The van der Waals surface area contributed by atoms with Crippen molar-refractivity contribution in [1.29, 1.82) is 0 Å². The minimum Gasteiger partial charge on any atom is -0.318 e. The summed E-state index contributed by atoms with van der Waals surface area (Å²) in [6.45, 7) is 6.22. The summed E-state index contributed by atoms with van der Waals surface area (Å²) in [6.07, 6.45) is 2.66. The molecule has 0 aliphatic carbocycles. The van der Waals surface area contributed by atoms with E-state index in [0.717, 1.165) is 17.8 Å². The summed E-state index contributed by atoms with van der Waals surface area (Å²) in [5, 5.41) is 3.89. The largest absolute Gasteiger partial charge is 0.318 e. The molecule has 0 aliphatic heterocycles. The normalized spacial score (nSPS) is 10.2. The molecule has 0 bridgehead atoms. The number of hydrogen-bond acceptors (Lipinski definition) is 2. The maximum absolute atomic E-state index is 11.4. The predicted molar refractivity (Wildman–Crippen MR) is 61.9 cm³/mol. The Balaban J connectivity index is 2.48. The van der Waals surface area contributed by atoms with Crippen molar-refractivity contribution in [2.45, 2.75) is 40.0 Å². The van der Waals surface area contributed by atoms with Gasteiger partial charge in [-0.15, -0.1) is 11.3 Å². The number of thiophene rings is 1. The van der Waals surface area contributed by atoms with Crippen LogP contribution in [0.1, 0.15) is 36.6 Å². The van der Waals surface area contributed by atoms with Crippen LogP contribution in [0.2, 0.25) is 0 Å². The molecular weight excluding hydrogens is 194 g/mol. The van der Waals surface area contributed by atoms with Crippen molar-refractivity contribution in [2.24, 2.45) is 0 Å². The molecule has 0 saturated carbocycles. The second-order valence-electron chi connectivity index (χ2n) is 3.50. The van der Waals surface area contributed by atoms with Crippen molar-refractivity contribution in [3.63, 3.8) is 0 Å². The van der Waals surface area contributed by atoms with Crippen LogP contribution in [0.4, 0.5) is 5.00 Å². The second-order valence-corrected chi connectivity index (χ2v) is 4.76. The van der Waals surface area contributed by atoms with Crippen molar-refractivity contribution in [2.75, 3.05) is 5.32 Å². The van der Waals surface area contributed by atoms with E-state index in [9.17, 15) is 4.79 Å². The summed E-state index contributed by atoms with van der Waals surface area (Å²) in [6, 6.07) is 2.03. The highest BCUT2D eigenvalue weighted by Crippen LogP contribution is 2.25. The molecule has 0 unspecified atom stereocenters. The van der Waals surface area contributed by atoms with Gasteiger partial charge < -0.3 is 5.32 Å². The number of amides is 1. The zero-order valence-corrected chi connectivity index (χ0v) is 9.83. The molecule has 1 aromatic heterocycles. The Kier molecular flexibility index (Phi) is 4.14. The molecule has 0 fully saturated rings. The molecule has 3 heteroatoms. The van der Waals surface area contributed by atoms with E-state index in [4.69, 9.17) is 0 Å². The molecule has 1 rings (SSSR count). The van der Waals surface area contributed by atoms with Crippen LogP contribution in [-0.2, 0) is 4.79 Å². The Morgan fingerprint density at radius 3 is 2.71 bits per heavy atom. The first-order valence-corrected chi connectivity index (χ1v) is 5.82. The summed E-state index contributed by atoms with van der Waals surface area (Å²) >= 11 is 1.64. The molecule has 0 aliphatic rings. The Morgan fingerprint density at radius 2 is 2.21 bits per heavy atom. The highest BCUT2D eigenvalue weighted by atomic mass is 32.1. The van der Waals surface area contributed by atoms with Crippen molar-refractivity contribution in [3.8, 4) is 0 Å². The Labute approximate surface area is 89.3 Å². The van der Waals surface area contributed by atoms with Crippen molar-refractivity contribution >= 4 is 22.2 Å². The van der Waals surface area contributed by atoms with Gasteiger partial charge in [0.2, 0.25) is 5.91 Å². The third kappa shape index (κ3) is 3.14. The monoisotopic (exact) mass is 211 g/mol. The molecule has 14 heavy (non-hydrogen) atoms. The molecule has 1 aromatic rings. The lowest BCUT2D eigenvalue weighted by Crippen LogP contribution is -2.09. The van der Waals surface area contributed by atoms with E-state index in [1.807, 2.05) is 6.07 Å².